The fraction of sp³-hybridized carbons (Fsp3) is 1.00. The van der Waals surface area contributed by atoms with Crippen molar-refractivity contribution in [3.8, 4) is 0 Å². The van der Waals surface area contributed by atoms with Crippen molar-refractivity contribution in [2.24, 2.45) is 5.92 Å². The van der Waals surface area contributed by atoms with Gasteiger partial charge in [0.1, 0.15) is 0 Å². The summed E-state index contributed by atoms with van der Waals surface area (Å²) < 4.78 is 0. The molecule has 1 rings (SSSR count). The van der Waals surface area contributed by atoms with Crippen molar-refractivity contribution in [1.29, 1.82) is 0 Å². The highest BCUT2D eigenvalue weighted by molar-refractivity contribution is 4.71. The van der Waals surface area contributed by atoms with Crippen LogP contribution in [0.4, 0.5) is 0 Å². The second-order valence-electron chi connectivity index (χ2n) is 5.67. The molecule has 2 heteroatoms. The van der Waals surface area contributed by atoms with Crippen molar-refractivity contribution >= 4 is 0 Å². The molecule has 17 heavy (non-hydrogen) atoms. The van der Waals surface area contributed by atoms with E-state index in [9.17, 15) is 0 Å². The zero-order valence-corrected chi connectivity index (χ0v) is 12.2. The molecule has 0 aromatic rings. The molecule has 0 bridgehead atoms. The molecule has 2 unspecified atom stereocenters. The summed E-state index contributed by atoms with van der Waals surface area (Å²) in [7, 11) is 0. The Morgan fingerprint density at radius 2 is 2.06 bits per heavy atom. The Hall–Kier alpha value is -0.0800. The molecule has 1 N–H and O–H groups in total. The molecule has 2 nitrogen and oxygen atoms in total. The maximum absolute atomic E-state index is 3.50. The Morgan fingerprint density at radius 1 is 1.24 bits per heavy atom. The van der Waals surface area contributed by atoms with E-state index in [0.717, 1.165) is 12.5 Å². The summed E-state index contributed by atoms with van der Waals surface area (Å²) >= 11 is 0. The van der Waals surface area contributed by atoms with Gasteiger partial charge in [-0.15, -0.1) is 0 Å². The molecule has 0 saturated carbocycles. The zero-order chi connectivity index (χ0) is 12.5. The third-order valence-corrected chi connectivity index (χ3v) is 4.07. The molecule has 1 saturated heterocycles. The first-order valence-corrected chi connectivity index (χ1v) is 7.72. The maximum Gasteiger partial charge on any atom is 0.00507 e. The van der Waals surface area contributed by atoms with Crippen LogP contribution in [0, 0.1) is 5.92 Å². The smallest absolute Gasteiger partial charge is 0.00507 e. The minimum atomic E-state index is 0.676. The van der Waals surface area contributed by atoms with Crippen LogP contribution < -0.4 is 5.32 Å². The van der Waals surface area contributed by atoms with Crippen LogP contribution in [-0.4, -0.2) is 37.1 Å². The predicted octanol–water partition coefficient (Wildman–Crippen LogP) is 3.28. The van der Waals surface area contributed by atoms with Crippen molar-refractivity contribution < 1.29 is 0 Å². The van der Waals surface area contributed by atoms with Crippen LogP contribution in [-0.2, 0) is 0 Å². The molecule has 0 radical (unpaired) electrons. The fourth-order valence-corrected chi connectivity index (χ4v) is 2.97. The summed E-state index contributed by atoms with van der Waals surface area (Å²) in [5.41, 5.74) is 0. The number of hydrogen-bond donors (Lipinski definition) is 1. The number of rotatable bonds is 7. The Labute approximate surface area is 108 Å². The van der Waals surface area contributed by atoms with Crippen LogP contribution in [0.2, 0.25) is 0 Å². The van der Waals surface area contributed by atoms with Crippen LogP contribution in [0.5, 0.6) is 0 Å². The lowest BCUT2D eigenvalue weighted by Gasteiger charge is -2.22. The highest BCUT2D eigenvalue weighted by Crippen LogP contribution is 2.21. The van der Waals surface area contributed by atoms with E-state index in [1.165, 1.54) is 58.2 Å². The van der Waals surface area contributed by atoms with Gasteiger partial charge < -0.3 is 10.2 Å². The summed E-state index contributed by atoms with van der Waals surface area (Å²) in [6.07, 6.45) is 8.42. The number of nitrogens with zero attached hydrogens (tertiary/aromatic N) is 1. The second kappa shape index (κ2) is 8.93. The monoisotopic (exact) mass is 240 g/mol. The maximum atomic E-state index is 3.50. The molecule has 0 aromatic heterocycles. The third kappa shape index (κ3) is 6.42. The molecule has 1 aliphatic rings. The van der Waals surface area contributed by atoms with E-state index in [2.05, 4.69) is 31.0 Å². The van der Waals surface area contributed by atoms with Gasteiger partial charge in [-0.2, -0.15) is 0 Å². The normalized spacial score (nSPS) is 24.5. The van der Waals surface area contributed by atoms with E-state index in [1.807, 2.05) is 0 Å². The molecule has 0 amide bonds. The van der Waals surface area contributed by atoms with Gasteiger partial charge in [-0.25, -0.2) is 0 Å². The minimum absolute atomic E-state index is 0.676. The molecule has 1 heterocycles. The standard InChI is InChI=1S/C15H32N2/c1-4-7-15-8-6-11-17(13-10-15)12-9-14(3)16-5-2/h14-16H,4-13H2,1-3H3. The number of likely N-dealkylation sites (tertiary alicyclic amines) is 1. The van der Waals surface area contributed by atoms with Gasteiger partial charge in [0.15, 0.2) is 0 Å². The van der Waals surface area contributed by atoms with Gasteiger partial charge in [0.25, 0.3) is 0 Å². The van der Waals surface area contributed by atoms with Crippen LogP contribution in [0.25, 0.3) is 0 Å². The van der Waals surface area contributed by atoms with Gasteiger partial charge >= 0.3 is 0 Å². The first-order valence-electron chi connectivity index (χ1n) is 7.72. The lowest BCUT2D eigenvalue weighted by Crippen LogP contribution is -2.33. The minimum Gasteiger partial charge on any atom is -0.314 e. The van der Waals surface area contributed by atoms with Gasteiger partial charge in [0.2, 0.25) is 0 Å². The molecular weight excluding hydrogens is 208 g/mol. The van der Waals surface area contributed by atoms with Crippen molar-refractivity contribution in [3.05, 3.63) is 0 Å². The van der Waals surface area contributed by atoms with E-state index in [4.69, 9.17) is 0 Å². The van der Waals surface area contributed by atoms with Gasteiger partial charge in [-0.05, 0) is 64.7 Å². The highest BCUT2D eigenvalue weighted by Gasteiger charge is 2.16. The van der Waals surface area contributed by atoms with Crippen molar-refractivity contribution in [3.63, 3.8) is 0 Å². The summed E-state index contributed by atoms with van der Waals surface area (Å²) in [6, 6.07) is 0.676. The van der Waals surface area contributed by atoms with E-state index in [-0.39, 0.29) is 0 Å². The summed E-state index contributed by atoms with van der Waals surface area (Å²) in [5, 5.41) is 3.50. The molecule has 0 aromatic carbocycles. The van der Waals surface area contributed by atoms with Crippen LogP contribution >= 0.6 is 0 Å². The summed E-state index contributed by atoms with van der Waals surface area (Å²) in [6.45, 7) is 11.9. The Balaban J connectivity index is 2.17. The van der Waals surface area contributed by atoms with E-state index < -0.39 is 0 Å². The Bertz CT molecular complexity index is 182. The lowest BCUT2D eigenvalue weighted by atomic mass is 9.96. The topological polar surface area (TPSA) is 15.3 Å². The first-order chi connectivity index (χ1) is 8.26. The van der Waals surface area contributed by atoms with Crippen molar-refractivity contribution in [2.45, 2.75) is 65.3 Å². The average Bonchev–Trinajstić information content (AvgIpc) is 2.53. The number of hydrogen-bond acceptors (Lipinski definition) is 2. The molecule has 1 fully saturated rings. The van der Waals surface area contributed by atoms with Gasteiger partial charge in [-0.3, -0.25) is 0 Å². The SMILES string of the molecule is CCCC1CCCN(CCC(C)NCC)CC1. The molecule has 0 spiro atoms. The van der Waals surface area contributed by atoms with Crippen LogP contribution in [0.1, 0.15) is 59.3 Å². The average molecular weight is 240 g/mol. The summed E-state index contributed by atoms with van der Waals surface area (Å²) in [5.74, 6) is 1.01. The summed E-state index contributed by atoms with van der Waals surface area (Å²) in [4.78, 5) is 2.68. The van der Waals surface area contributed by atoms with Crippen molar-refractivity contribution in [1.82, 2.24) is 10.2 Å². The third-order valence-electron chi connectivity index (χ3n) is 4.07. The van der Waals surface area contributed by atoms with Gasteiger partial charge in [0, 0.05) is 6.04 Å². The predicted molar refractivity (Wildman–Crippen MR) is 76.4 cm³/mol. The van der Waals surface area contributed by atoms with E-state index in [0.29, 0.717) is 6.04 Å². The van der Waals surface area contributed by atoms with Crippen LogP contribution in [0.3, 0.4) is 0 Å². The van der Waals surface area contributed by atoms with Gasteiger partial charge in [0.05, 0.1) is 0 Å². The lowest BCUT2D eigenvalue weighted by molar-refractivity contribution is 0.264. The molecule has 1 aliphatic heterocycles. The highest BCUT2D eigenvalue weighted by atomic mass is 15.1. The van der Waals surface area contributed by atoms with Crippen molar-refractivity contribution in [2.75, 3.05) is 26.2 Å². The number of nitrogens with one attached hydrogen (secondary N) is 1. The fourth-order valence-electron chi connectivity index (χ4n) is 2.97. The second-order valence-corrected chi connectivity index (χ2v) is 5.67. The quantitative estimate of drug-likeness (QED) is 0.735. The largest absolute Gasteiger partial charge is 0.314 e. The molecule has 2 atom stereocenters. The first kappa shape index (κ1) is 15.0. The molecule has 102 valence electrons. The van der Waals surface area contributed by atoms with E-state index in [1.54, 1.807) is 0 Å². The molecule has 0 aliphatic carbocycles. The zero-order valence-electron chi connectivity index (χ0n) is 12.2. The Morgan fingerprint density at radius 3 is 2.76 bits per heavy atom. The molecular formula is C15H32N2. The van der Waals surface area contributed by atoms with Crippen LogP contribution in [0.15, 0.2) is 0 Å². The Kier molecular flexibility index (Phi) is 7.87. The van der Waals surface area contributed by atoms with Gasteiger partial charge in [-0.1, -0.05) is 26.7 Å². The van der Waals surface area contributed by atoms with E-state index >= 15 is 0 Å².